The lowest BCUT2D eigenvalue weighted by Crippen LogP contribution is -2.04. The summed E-state index contributed by atoms with van der Waals surface area (Å²) in [6.07, 6.45) is 3.77. The minimum absolute atomic E-state index is 0.466. The van der Waals surface area contributed by atoms with E-state index >= 15 is 0 Å². The van der Waals surface area contributed by atoms with Gasteiger partial charge in [-0.05, 0) is 19.1 Å². The lowest BCUT2D eigenvalue weighted by Gasteiger charge is -2.09. The topological polar surface area (TPSA) is 78.0 Å². The zero-order valence-corrected chi connectivity index (χ0v) is 10.6. The van der Waals surface area contributed by atoms with Gasteiger partial charge >= 0.3 is 0 Å². The van der Waals surface area contributed by atoms with Crippen LogP contribution < -0.4 is 15.8 Å². The zero-order chi connectivity index (χ0) is 13.0. The van der Waals surface area contributed by atoms with Crippen LogP contribution in [0.4, 0.5) is 11.5 Å². The Morgan fingerprint density at radius 3 is 2.94 bits per heavy atom. The van der Waals surface area contributed by atoms with Gasteiger partial charge in [-0.2, -0.15) is 10.1 Å². The highest BCUT2D eigenvalue weighted by Crippen LogP contribution is 2.20. The molecule has 96 valence electrons. The molecule has 0 radical (unpaired) electrons. The van der Waals surface area contributed by atoms with Crippen molar-refractivity contribution in [2.24, 2.45) is 7.05 Å². The molecule has 0 bridgehead atoms. The van der Waals surface area contributed by atoms with Crippen molar-refractivity contribution in [2.75, 3.05) is 17.7 Å². The summed E-state index contributed by atoms with van der Waals surface area (Å²) in [5.74, 6) is 1.20. The van der Waals surface area contributed by atoms with Crippen LogP contribution in [0.15, 0.2) is 24.5 Å². The third-order valence-corrected chi connectivity index (χ3v) is 2.40. The maximum atomic E-state index is 5.76. The minimum atomic E-state index is 0.466. The molecule has 0 aromatic carbocycles. The molecule has 18 heavy (non-hydrogen) atoms. The van der Waals surface area contributed by atoms with E-state index in [-0.39, 0.29) is 0 Å². The molecule has 0 saturated carbocycles. The molecule has 2 aromatic rings. The van der Waals surface area contributed by atoms with Gasteiger partial charge in [0.2, 0.25) is 5.88 Å². The van der Waals surface area contributed by atoms with E-state index < -0.39 is 0 Å². The van der Waals surface area contributed by atoms with Gasteiger partial charge in [0.15, 0.2) is 0 Å². The van der Waals surface area contributed by atoms with E-state index in [4.69, 9.17) is 10.5 Å². The lowest BCUT2D eigenvalue weighted by molar-refractivity contribution is 0.329. The summed E-state index contributed by atoms with van der Waals surface area (Å²) in [6.45, 7) is 3.11. The Morgan fingerprint density at radius 2 is 2.28 bits per heavy atom. The number of nitrogen functional groups attached to an aromatic ring is 1. The molecule has 0 aliphatic carbocycles. The van der Waals surface area contributed by atoms with Gasteiger partial charge in [-0.15, -0.1) is 0 Å². The molecule has 0 amide bonds. The molecule has 0 saturated heterocycles. The van der Waals surface area contributed by atoms with E-state index in [0.29, 0.717) is 24.7 Å². The largest absolute Gasteiger partial charge is 0.476 e. The average Bonchev–Trinajstić information content (AvgIpc) is 2.76. The smallest absolute Gasteiger partial charge is 0.239 e. The van der Waals surface area contributed by atoms with Crippen molar-refractivity contribution in [1.29, 1.82) is 0 Å². The summed E-state index contributed by atoms with van der Waals surface area (Å²) in [5, 5.41) is 7.30. The summed E-state index contributed by atoms with van der Waals surface area (Å²) in [7, 11) is 1.89. The van der Waals surface area contributed by atoms with Gasteiger partial charge in [0.05, 0.1) is 18.5 Å². The van der Waals surface area contributed by atoms with Gasteiger partial charge in [0.1, 0.15) is 5.82 Å². The van der Waals surface area contributed by atoms with Crippen LogP contribution >= 0.6 is 0 Å². The van der Waals surface area contributed by atoms with Crippen LogP contribution in [0, 0.1) is 0 Å². The molecule has 0 aliphatic rings. The van der Waals surface area contributed by atoms with Crippen molar-refractivity contribution in [3.05, 3.63) is 30.1 Å². The molecule has 2 aromatic heterocycles. The van der Waals surface area contributed by atoms with E-state index in [9.17, 15) is 0 Å². The summed E-state index contributed by atoms with van der Waals surface area (Å²) >= 11 is 0. The van der Waals surface area contributed by atoms with Crippen LogP contribution in [0.1, 0.15) is 12.5 Å². The first-order chi connectivity index (χ1) is 8.69. The lowest BCUT2D eigenvalue weighted by atomic mass is 10.3. The first kappa shape index (κ1) is 12.2. The number of aromatic nitrogens is 3. The van der Waals surface area contributed by atoms with Crippen molar-refractivity contribution in [3.63, 3.8) is 0 Å². The highest BCUT2D eigenvalue weighted by molar-refractivity contribution is 5.53. The van der Waals surface area contributed by atoms with E-state index in [1.165, 1.54) is 0 Å². The number of rotatable bonds is 5. The Bertz CT molecular complexity index is 523. The van der Waals surface area contributed by atoms with Crippen molar-refractivity contribution in [3.8, 4) is 5.88 Å². The number of ether oxygens (including phenoxy) is 1. The summed E-state index contributed by atoms with van der Waals surface area (Å²) < 4.78 is 7.10. The van der Waals surface area contributed by atoms with Gasteiger partial charge in [-0.1, -0.05) is 0 Å². The number of nitrogens with zero attached hydrogens (tertiary/aromatic N) is 3. The highest BCUT2D eigenvalue weighted by atomic mass is 16.5. The fraction of sp³-hybridized carbons (Fsp3) is 0.333. The van der Waals surface area contributed by atoms with Gasteiger partial charge in [-0.3, -0.25) is 4.68 Å². The number of hydrogen-bond donors (Lipinski definition) is 2. The average molecular weight is 247 g/mol. The molecule has 0 unspecified atom stereocenters. The fourth-order valence-electron chi connectivity index (χ4n) is 1.56. The third-order valence-electron chi connectivity index (χ3n) is 2.40. The maximum Gasteiger partial charge on any atom is 0.239 e. The SMILES string of the molecule is CCOc1nc(NCc2cnn(C)c2)ccc1N. The zero-order valence-electron chi connectivity index (χ0n) is 10.6. The van der Waals surface area contributed by atoms with Crippen LogP contribution in [0.2, 0.25) is 0 Å². The van der Waals surface area contributed by atoms with Crippen molar-refractivity contribution < 1.29 is 4.74 Å². The predicted molar refractivity (Wildman–Crippen MR) is 70.4 cm³/mol. The highest BCUT2D eigenvalue weighted by Gasteiger charge is 2.04. The summed E-state index contributed by atoms with van der Waals surface area (Å²) in [5.41, 5.74) is 7.39. The Kier molecular flexibility index (Phi) is 3.66. The van der Waals surface area contributed by atoms with Crippen LogP contribution in [0.3, 0.4) is 0 Å². The van der Waals surface area contributed by atoms with Crippen molar-refractivity contribution in [1.82, 2.24) is 14.8 Å². The molecule has 0 aliphatic heterocycles. The molecular formula is C12H17N5O. The van der Waals surface area contributed by atoms with E-state index in [2.05, 4.69) is 15.4 Å². The molecule has 0 spiro atoms. The monoisotopic (exact) mass is 247 g/mol. The molecule has 2 heterocycles. The van der Waals surface area contributed by atoms with E-state index in [1.54, 1.807) is 10.7 Å². The molecule has 3 N–H and O–H groups in total. The Balaban J connectivity index is 2.03. The Labute approximate surface area is 106 Å². The molecule has 0 fully saturated rings. The van der Waals surface area contributed by atoms with Gasteiger partial charge in [-0.25, -0.2) is 0 Å². The second-order valence-electron chi connectivity index (χ2n) is 3.90. The number of aryl methyl sites for hydroxylation is 1. The molecular weight excluding hydrogens is 230 g/mol. The Morgan fingerprint density at radius 1 is 1.44 bits per heavy atom. The number of pyridine rings is 1. The molecule has 2 rings (SSSR count). The second-order valence-corrected chi connectivity index (χ2v) is 3.90. The standard InChI is InChI=1S/C12H17N5O/c1-3-18-12-10(13)4-5-11(16-12)14-6-9-7-15-17(2)8-9/h4-5,7-8H,3,6,13H2,1-2H3,(H,14,16). The summed E-state index contributed by atoms with van der Waals surface area (Å²) in [4.78, 5) is 4.30. The van der Waals surface area contributed by atoms with Crippen LogP contribution in [0.25, 0.3) is 0 Å². The first-order valence-electron chi connectivity index (χ1n) is 5.79. The third kappa shape index (κ3) is 2.91. The fourth-order valence-corrected chi connectivity index (χ4v) is 1.56. The van der Waals surface area contributed by atoms with Gasteiger partial charge in [0.25, 0.3) is 0 Å². The quantitative estimate of drug-likeness (QED) is 0.835. The maximum absolute atomic E-state index is 5.76. The van der Waals surface area contributed by atoms with E-state index in [0.717, 1.165) is 11.4 Å². The van der Waals surface area contributed by atoms with Crippen LogP contribution in [0.5, 0.6) is 5.88 Å². The number of anilines is 2. The van der Waals surface area contributed by atoms with Crippen molar-refractivity contribution >= 4 is 11.5 Å². The normalized spacial score (nSPS) is 10.3. The molecule has 0 atom stereocenters. The summed E-state index contributed by atoms with van der Waals surface area (Å²) in [6, 6.07) is 3.61. The van der Waals surface area contributed by atoms with Gasteiger partial charge in [0, 0.05) is 25.4 Å². The first-order valence-corrected chi connectivity index (χ1v) is 5.79. The molecule has 6 heteroatoms. The van der Waals surface area contributed by atoms with Gasteiger partial charge < -0.3 is 15.8 Å². The number of hydrogen-bond acceptors (Lipinski definition) is 5. The number of nitrogens with one attached hydrogen (secondary N) is 1. The minimum Gasteiger partial charge on any atom is -0.476 e. The second kappa shape index (κ2) is 5.39. The van der Waals surface area contributed by atoms with Crippen LogP contribution in [-0.2, 0) is 13.6 Å². The number of nitrogens with two attached hydrogens (primary N) is 1. The van der Waals surface area contributed by atoms with Crippen LogP contribution in [-0.4, -0.2) is 21.4 Å². The Hall–Kier alpha value is -2.24. The van der Waals surface area contributed by atoms with Crippen molar-refractivity contribution in [2.45, 2.75) is 13.5 Å². The van der Waals surface area contributed by atoms with E-state index in [1.807, 2.05) is 32.4 Å². The molecule has 6 nitrogen and oxygen atoms in total. The predicted octanol–water partition coefficient (Wildman–Crippen LogP) is 1.41.